The molecule has 0 amide bonds. The Morgan fingerprint density at radius 2 is 1.32 bits per heavy atom. The molecule has 1 aliphatic heterocycles. The fourth-order valence-corrected chi connectivity index (χ4v) is 7.35. The molecule has 4 rings (SSSR count). The molecule has 0 spiro atoms. The van der Waals surface area contributed by atoms with E-state index in [4.69, 9.17) is 14.2 Å². The first-order valence-corrected chi connectivity index (χ1v) is 20.7. The molecular formula is C47H66O6. The van der Waals surface area contributed by atoms with Gasteiger partial charge in [0.1, 0.15) is 0 Å². The minimum Gasteiger partial charge on any atom is -0.454 e. The Morgan fingerprint density at radius 3 is 1.89 bits per heavy atom. The number of rotatable bonds is 26. The predicted molar refractivity (Wildman–Crippen MR) is 214 cm³/mol. The molecular weight excluding hydrogens is 661 g/mol. The Morgan fingerprint density at radius 1 is 0.774 bits per heavy atom. The van der Waals surface area contributed by atoms with Gasteiger partial charge in [0.05, 0.1) is 18.6 Å². The summed E-state index contributed by atoms with van der Waals surface area (Å²) >= 11 is 0. The molecule has 0 aromatic heterocycles. The van der Waals surface area contributed by atoms with Crippen molar-refractivity contribution in [2.75, 3.05) is 6.61 Å². The van der Waals surface area contributed by atoms with Gasteiger partial charge in [-0.1, -0.05) is 168 Å². The highest BCUT2D eigenvalue weighted by molar-refractivity contribution is 5.70. The van der Waals surface area contributed by atoms with Crippen LogP contribution in [0.4, 0.5) is 0 Å². The zero-order valence-corrected chi connectivity index (χ0v) is 32.3. The van der Waals surface area contributed by atoms with E-state index in [0.29, 0.717) is 29.7 Å². The molecule has 0 aliphatic carbocycles. The Labute approximate surface area is 320 Å². The Kier molecular flexibility index (Phi) is 20.0. The third-order valence-electron chi connectivity index (χ3n) is 10.4. The van der Waals surface area contributed by atoms with E-state index in [2.05, 4.69) is 19.1 Å². The second-order valence-electron chi connectivity index (χ2n) is 14.8. The maximum absolute atomic E-state index is 13.7. The monoisotopic (exact) mass is 726 g/mol. The van der Waals surface area contributed by atoms with E-state index >= 15 is 0 Å². The van der Waals surface area contributed by atoms with Gasteiger partial charge in [-0.3, -0.25) is 4.79 Å². The summed E-state index contributed by atoms with van der Waals surface area (Å²) in [5.41, 5.74) is 0.201. The number of benzene rings is 3. The molecule has 1 saturated heterocycles. The molecule has 4 atom stereocenters. The van der Waals surface area contributed by atoms with Crippen LogP contribution in [-0.2, 0) is 24.6 Å². The molecule has 1 heterocycles. The topological polar surface area (TPSA) is 85.2 Å². The predicted octanol–water partition coefficient (Wildman–Crippen LogP) is 11.3. The highest BCUT2D eigenvalue weighted by Gasteiger charge is 2.44. The van der Waals surface area contributed by atoms with Gasteiger partial charge in [0.2, 0.25) is 0 Å². The van der Waals surface area contributed by atoms with Crippen molar-refractivity contribution in [1.82, 2.24) is 0 Å². The van der Waals surface area contributed by atoms with Crippen molar-refractivity contribution < 1.29 is 29.2 Å². The van der Waals surface area contributed by atoms with Gasteiger partial charge >= 0.3 is 5.97 Å². The van der Waals surface area contributed by atoms with Gasteiger partial charge < -0.3 is 24.4 Å². The maximum atomic E-state index is 13.7. The number of aliphatic hydroxyl groups excluding tert-OH is 1. The fraction of sp³-hybridized carbons (Fsp3) is 0.553. The van der Waals surface area contributed by atoms with Crippen molar-refractivity contribution in [2.45, 2.75) is 159 Å². The van der Waals surface area contributed by atoms with Gasteiger partial charge in [0.15, 0.2) is 18.0 Å². The minimum atomic E-state index is -1.67. The number of aliphatic hydroxyl groups is 2. The van der Waals surface area contributed by atoms with E-state index in [9.17, 15) is 15.0 Å². The van der Waals surface area contributed by atoms with Crippen LogP contribution < -0.4 is 0 Å². The Balaban J connectivity index is 1.29. The van der Waals surface area contributed by atoms with Crippen molar-refractivity contribution in [3.8, 4) is 0 Å². The lowest BCUT2D eigenvalue weighted by molar-refractivity contribution is -0.195. The van der Waals surface area contributed by atoms with Crippen molar-refractivity contribution >= 4 is 5.97 Å². The van der Waals surface area contributed by atoms with E-state index in [-0.39, 0.29) is 18.8 Å². The summed E-state index contributed by atoms with van der Waals surface area (Å²) in [7, 11) is 0. The van der Waals surface area contributed by atoms with Crippen molar-refractivity contribution in [1.29, 1.82) is 0 Å². The molecule has 3 aromatic carbocycles. The molecule has 0 radical (unpaired) electrons. The number of hydrogen-bond donors (Lipinski definition) is 2. The number of allylic oxidation sites excluding steroid dienone is 2. The normalized spacial score (nSPS) is 16.7. The van der Waals surface area contributed by atoms with Crippen LogP contribution >= 0.6 is 0 Å². The molecule has 0 bridgehead atoms. The fourth-order valence-electron chi connectivity index (χ4n) is 7.35. The summed E-state index contributed by atoms with van der Waals surface area (Å²) in [4.78, 5) is 13.7. The summed E-state index contributed by atoms with van der Waals surface area (Å²) in [5, 5.41) is 23.8. The van der Waals surface area contributed by atoms with E-state index in [0.717, 1.165) is 44.9 Å². The van der Waals surface area contributed by atoms with E-state index in [1.54, 1.807) is 0 Å². The van der Waals surface area contributed by atoms with Gasteiger partial charge in [-0.05, 0) is 68.1 Å². The van der Waals surface area contributed by atoms with Crippen molar-refractivity contribution in [3.63, 3.8) is 0 Å². The third kappa shape index (κ3) is 15.2. The van der Waals surface area contributed by atoms with E-state index < -0.39 is 23.8 Å². The summed E-state index contributed by atoms with van der Waals surface area (Å²) < 4.78 is 18.5. The standard InChI is InChI=1S/C47H66O6/c1-2-3-4-5-6-7-8-9-10-11-12-13-14-15-25-34-43(52-45-35-26-27-36-51-45)37-42(48)38-44(49)53-46(39-28-19-16-20-29-39)47(50,40-30-21-17-22-31-40)41-32-23-18-24-33-41/h9-10,16-24,28-33,42-43,45-46,48,50H,2-8,11-15,25-27,34-38H2,1H3/t42-,43-,45+,46?/m0/s1. The quantitative estimate of drug-likeness (QED) is 0.0487. The number of hydrogen-bond acceptors (Lipinski definition) is 6. The first-order valence-electron chi connectivity index (χ1n) is 20.7. The van der Waals surface area contributed by atoms with Crippen LogP contribution in [0.1, 0.15) is 152 Å². The largest absolute Gasteiger partial charge is 0.454 e. The first kappa shape index (κ1) is 42.5. The summed E-state index contributed by atoms with van der Waals surface area (Å²) in [6, 6.07) is 27.9. The molecule has 2 N–H and O–H groups in total. The zero-order chi connectivity index (χ0) is 37.4. The van der Waals surface area contributed by atoms with Crippen LogP contribution in [-0.4, -0.2) is 41.3 Å². The molecule has 0 saturated carbocycles. The minimum absolute atomic E-state index is 0.208. The van der Waals surface area contributed by atoms with Gasteiger partial charge in [0.25, 0.3) is 0 Å². The van der Waals surface area contributed by atoms with Gasteiger partial charge in [-0.2, -0.15) is 0 Å². The maximum Gasteiger partial charge on any atom is 0.309 e. The molecule has 3 aromatic rings. The van der Waals surface area contributed by atoms with Crippen molar-refractivity contribution in [2.24, 2.45) is 0 Å². The highest BCUT2D eigenvalue weighted by atomic mass is 16.7. The lowest BCUT2D eigenvalue weighted by Crippen LogP contribution is -2.38. The lowest BCUT2D eigenvalue weighted by Gasteiger charge is -2.37. The number of esters is 1. The Hall–Kier alpha value is -3.29. The second-order valence-corrected chi connectivity index (χ2v) is 14.8. The van der Waals surface area contributed by atoms with Crippen LogP contribution in [0.25, 0.3) is 0 Å². The molecule has 1 fully saturated rings. The molecule has 53 heavy (non-hydrogen) atoms. The molecule has 1 aliphatic rings. The SMILES string of the molecule is CCCCCCCCC=CCCCCCCC[C@@H](C[C@H](O)CC(=O)OC(c1ccccc1)C(O)(c1ccccc1)c1ccccc1)O[C@@H]1CCCCO1. The Bertz CT molecular complexity index is 1350. The summed E-state index contributed by atoms with van der Waals surface area (Å²) in [5.74, 6) is -0.578. The smallest absolute Gasteiger partial charge is 0.309 e. The highest BCUT2D eigenvalue weighted by Crippen LogP contribution is 2.43. The van der Waals surface area contributed by atoms with Crippen LogP contribution in [0.3, 0.4) is 0 Å². The van der Waals surface area contributed by atoms with E-state index in [1.807, 2.05) is 91.0 Å². The van der Waals surface area contributed by atoms with E-state index in [1.165, 1.54) is 64.2 Å². The molecule has 6 heteroatoms. The van der Waals surface area contributed by atoms with Crippen LogP contribution in [0.5, 0.6) is 0 Å². The first-order chi connectivity index (χ1) is 26.0. The lowest BCUT2D eigenvalue weighted by atomic mass is 9.79. The van der Waals surface area contributed by atoms with Crippen LogP contribution in [0, 0.1) is 0 Å². The molecule has 6 nitrogen and oxygen atoms in total. The van der Waals surface area contributed by atoms with Gasteiger partial charge in [-0.25, -0.2) is 0 Å². The second kappa shape index (κ2) is 24.9. The zero-order valence-electron chi connectivity index (χ0n) is 32.3. The van der Waals surface area contributed by atoms with Crippen LogP contribution in [0.15, 0.2) is 103 Å². The average molecular weight is 727 g/mol. The third-order valence-corrected chi connectivity index (χ3v) is 10.4. The summed E-state index contributed by atoms with van der Waals surface area (Å²) in [6.07, 6.45) is 22.3. The number of carbonyl (C=O) groups excluding carboxylic acids is 1. The summed E-state index contributed by atoms with van der Waals surface area (Å²) in [6.45, 7) is 2.95. The molecule has 1 unspecified atom stereocenters. The average Bonchev–Trinajstić information content (AvgIpc) is 3.19. The van der Waals surface area contributed by atoms with Gasteiger partial charge in [-0.15, -0.1) is 0 Å². The number of ether oxygens (including phenoxy) is 3. The van der Waals surface area contributed by atoms with Crippen LogP contribution in [0.2, 0.25) is 0 Å². The number of unbranched alkanes of at least 4 members (excludes halogenated alkanes) is 11. The number of carbonyl (C=O) groups is 1. The van der Waals surface area contributed by atoms with Gasteiger partial charge in [0, 0.05) is 13.0 Å². The van der Waals surface area contributed by atoms with Crippen molar-refractivity contribution in [3.05, 3.63) is 120 Å². The molecule has 290 valence electrons.